The first-order valence-electron chi connectivity index (χ1n) is 10.7. The highest BCUT2D eigenvalue weighted by Crippen LogP contribution is 2.33. The second kappa shape index (κ2) is 7.21. The smallest absolute Gasteiger partial charge is 0.227 e. The van der Waals surface area contributed by atoms with Gasteiger partial charge in [0.2, 0.25) is 5.91 Å². The second-order valence-corrected chi connectivity index (χ2v) is 8.37. The molecule has 0 N–H and O–H groups in total. The Kier molecular flexibility index (Phi) is 4.53. The molecule has 5 heteroatoms. The second-order valence-electron chi connectivity index (χ2n) is 8.37. The first-order chi connectivity index (χ1) is 14.1. The minimum absolute atomic E-state index is 0.244. The summed E-state index contributed by atoms with van der Waals surface area (Å²) in [5, 5.41) is 1.27. The van der Waals surface area contributed by atoms with Crippen LogP contribution >= 0.6 is 0 Å². The van der Waals surface area contributed by atoms with Crippen LogP contribution in [0.15, 0.2) is 36.5 Å². The van der Waals surface area contributed by atoms with Gasteiger partial charge >= 0.3 is 0 Å². The molecule has 0 saturated carbocycles. The summed E-state index contributed by atoms with van der Waals surface area (Å²) in [5.74, 6) is 1.25. The number of pyridine rings is 1. The average molecular weight is 389 g/mol. The highest BCUT2D eigenvalue weighted by atomic mass is 16.2. The maximum absolute atomic E-state index is 13.1. The van der Waals surface area contributed by atoms with Crippen molar-refractivity contribution in [1.29, 1.82) is 0 Å². The summed E-state index contributed by atoms with van der Waals surface area (Å²) in [4.78, 5) is 22.0. The minimum atomic E-state index is 0.244. The van der Waals surface area contributed by atoms with Gasteiger partial charge in [0.1, 0.15) is 5.82 Å². The molecule has 0 radical (unpaired) electrons. The number of piperazine rings is 1. The Morgan fingerprint density at radius 3 is 2.62 bits per heavy atom. The van der Waals surface area contributed by atoms with Gasteiger partial charge in [-0.15, -0.1) is 0 Å². The number of nitrogens with zero attached hydrogens (tertiary/aromatic N) is 4. The third kappa shape index (κ3) is 3.18. The number of rotatable bonds is 3. The van der Waals surface area contributed by atoms with Crippen LogP contribution in [0, 0.1) is 13.8 Å². The number of anilines is 1. The van der Waals surface area contributed by atoms with E-state index in [2.05, 4.69) is 58.6 Å². The molecule has 1 aromatic carbocycles. The Morgan fingerprint density at radius 1 is 1.03 bits per heavy atom. The lowest BCUT2D eigenvalue weighted by Crippen LogP contribution is -2.49. The van der Waals surface area contributed by atoms with E-state index < -0.39 is 0 Å². The highest BCUT2D eigenvalue weighted by molar-refractivity contribution is 5.92. The predicted octanol–water partition coefficient (Wildman–Crippen LogP) is 3.49. The van der Waals surface area contributed by atoms with Crippen molar-refractivity contribution < 1.29 is 4.79 Å². The summed E-state index contributed by atoms with van der Waals surface area (Å²) in [6, 6.07) is 10.7. The SMILES string of the molecule is Cc1ccc(N2CCN(C(=O)Cc3c(C)n4c5c(cccc35)CCC4)CC2)nc1. The normalized spacial score (nSPS) is 16.5. The quantitative estimate of drug-likeness (QED) is 0.690. The first-order valence-corrected chi connectivity index (χ1v) is 10.7. The van der Waals surface area contributed by atoms with E-state index in [-0.39, 0.29) is 5.91 Å². The molecule has 5 rings (SSSR count). The molecule has 2 aliphatic heterocycles. The summed E-state index contributed by atoms with van der Waals surface area (Å²) in [7, 11) is 0. The third-order valence-electron chi connectivity index (χ3n) is 6.56. The highest BCUT2D eigenvalue weighted by Gasteiger charge is 2.25. The van der Waals surface area contributed by atoms with E-state index in [0.29, 0.717) is 6.42 Å². The molecule has 0 unspecified atom stereocenters. The zero-order valence-electron chi connectivity index (χ0n) is 17.3. The predicted molar refractivity (Wildman–Crippen MR) is 116 cm³/mol. The summed E-state index contributed by atoms with van der Waals surface area (Å²) in [6.07, 6.45) is 4.74. The van der Waals surface area contributed by atoms with Gasteiger partial charge in [-0.05, 0) is 49.4 Å². The Morgan fingerprint density at radius 2 is 1.86 bits per heavy atom. The number of para-hydroxylation sites is 1. The van der Waals surface area contributed by atoms with Gasteiger partial charge in [0.25, 0.3) is 0 Å². The molecular formula is C24H28N4O. The van der Waals surface area contributed by atoms with Crippen molar-refractivity contribution in [1.82, 2.24) is 14.5 Å². The Labute approximate surface area is 171 Å². The molecule has 4 heterocycles. The van der Waals surface area contributed by atoms with Crippen molar-refractivity contribution in [2.45, 2.75) is 39.7 Å². The van der Waals surface area contributed by atoms with Gasteiger partial charge in [0.15, 0.2) is 0 Å². The largest absolute Gasteiger partial charge is 0.353 e. The maximum atomic E-state index is 13.1. The van der Waals surface area contributed by atoms with Gasteiger partial charge in [0.05, 0.1) is 11.9 Å². The van der Waals surface area contributed by atoms with Gasteiger partial charge in [-0.25, -0.2) is 4.98 Å². The lowest BCUT2D eigenvalue weighted by atomic mass is 10.0. The number of carbonyl (C=O) groups is 1. The standard InChI is InChI=1S/C24H28N4O/c1-17-8-9-22(25-16-17)26-11-13-27(14-12-26)23(29)15-21-18(2)28-10-4-6-19-5-3-7-20(21)24(19)28/h3,5,7-9,16H,4,6,10-15H2,1-2H3. The third-order valence-corrected chi connectivity index (χ3v) is 6.56. The monoisotopic (exact) mass is 388 g/mol. The molecule has 1 saturated heterocycles. The zero-order chi connectivity index (χ0) is 20.0. The molecule has 1 fully saturated rings. The molecule has 150 valence electrons. The molecule has 2 aliphatic rings. The van der Waals surface area contributed by atoms with Crippen molar-refractivity contribution in [3.05, 3.63) is 58.9 Å². The van der Waals surface area contributed by atoms with E-state index in [9.17, 15) is 4.79 Å². The Bertz CT molecular complexity index is 1060. The van der Waals surface area contributed by atoms with Crippen molar-refractivity contribution in [3.8, 4) is 0 Å². The Hall–Kier alpha value is -2.82. The molecule has 0 spiro atoms. The van der Waals surface area contributed by atoms with Crippen molar-refractivity contribution >= 4 is 22.6 Å². The van der Waals surface area contributed by atoms with Crippen LogP contribution in [0.3, 0.4) is 0 Å². The van der Waals surface area contributed by atoms with Gasteiger partial charge in [-0.3, -0.25) is 4.79 Å². The maximum Gasteiger partial charge on any atom is 0.227 e. The van der Waals surface area contributed by atoms with Crippen molar-refractivity contribution in [3.63, 3.8) is 0 Å². The molecular weight excluding hydrogens is 360 g/mol. The summed E-state index contributed by atoms with van der Waals surface area (Å²) in [6.45, 7) is 8.50. The number of amides is 1. The van der Waals surface area contributed by atoms with Crippen LogP contribution in [0.2, 0.25) is 0 Å². The number of aryl methyl sites for hydroxylation is 3. The van der Waals surface area contributed by atoms with Gasteiger partial charge in [-0.2, -0.15) is 0 Å². The van der Waals surface area contributed by atoms with Gasteiger partial charge < -0.3 is 14.4 Å². The molecule has 3 aromatic rings. The molecule has 2 aromatic heterocycles. The fraction of sp³-hybridized carbons (Fsp3) is 0.417. The fourth-order valence-corrected chi connectivity index (χ4v) is 4.91. The first kappa shape index (κ1) is 18.2. The van der Waals surface area contributed by atoms with Crippen LogP contribution < -0.4 is 4.90 Å². The van der Waals surface area contributed by atoms with E-state index in [1.54, 1.807) is 0 Å². The summed E-state index contributed by atoms with van der Waals surface area (Å²) < 4.78 is 2.43. The minimum Gasteiger partial charge on any atom is -0.353 e. The number of hydrogen-bond acceptors (Lipinski definition) is 3. The van der Waals surface area contributed by atoms with E-state index in [0.717, 1.165) is 45.0 Å². The van der Waals surface area contributed by atoms with E-state index >= 15 is 0 Å². The van der Waals surface area contributed by atoms with E-state index in [1.807, 2.05) is 11.1 Å². The molecule has 0 bridgehead atoms. The number of aromatic nitrogens is 2. The van der Waals surface area contributed by atoms with Crippen LogP contribution in [0.1, 0.15) is 28.8 Å². The lowest BCUT2D eigenvalue weighted by Gasteiger charge is -2.35. The summed E-state index contributed by atoms with van der Waals surface area (Å²) >= 11 is 0. The number of hydrogen-bond donors (Lipinski definition) is 0. The van der Waals surface area contributed by atoms with Crippen LogP contribution in [0.5, 0.6) is 0 Å². The molecule has 1 amide bonds. The molecule has 0 atom stereocenters. The topological polar surface area (TPSA) is 41.4 Å². The number of carbonyl (C=O) groups excluding carboxylic acids is 1. The van der Waals surface area contributed by atoms with Crippen LogP contribution in [0.25, 0.3) is 10.9 Å². The molecule has 0 aliphatic carbocycles. The van der Waals surface area contributed by atoms with E-state index in [1.165, 1.54) is 39.7 Å². The zero-order valence-corrected chi connectivity index (χ0v) is 17.3. The average Bonchev–Trinajstić information content (AvgIpc) is 3.02. The lowest BCUT2D eigenvalue weighted by molar-refractivity contribution is -0.130. The molecule has 5 nitrogen and oxygen atoms in total. The van der Waals surface area contributed by atoms with Crippen molar-refractivity contribution in [2.75, 3.05) is 31.1 Å². The summed E-state index contributed by atoms with van der Waals surface area (Å²) in [5.41, 5.74) is 6.44. The van der Waals surface area contributed by atoms with Gasteiger partial charge in [-0.1, -0.05) is 24.3 Å². The van der Waals surface area contributed by atoms with Crippen LogP contribution in [0.4, 0.5) is 5.82 Å². The Balaban J connectivity index is 1.31. The van der Waals surface area contributed by atoms with Gasteiger partial charge in [0, 0.05) is 50.0 Å². The molecule has 29 heavy (non-hydrogen) atoms. The van der Waals surface area contributed by atoms with E-state index in [4.69, 9.17) is 0 Å². The number of benzene rings is 1. The fourth-order valence-electron chi connectivity index (χ4n) is 4.91. The van der Waals surface area contributed by atoms with Crippen LogP contribution in [-0.2, 0) is 24.2 Å². The van der Waals surface area contributed by atoms with Crippen LogP contribution in [-0.4, -0.2) is 46.5 Å². The van der Waals surface area contributed by atoms with Crippen molar-refractivity contribution in [2.24, 2.45) is 0 Å².